The Balaban J connectivity index is 1.62. The van der Waals surface area contributed by atoms with E-state index in [-0.39, 0.29) is 5.91 Å². The van der Waals surface area contributed by atoms with E-state index in [4.69, 9.17) is 5.73 Å². The predicted molar refractivity (Wildman–Crippen MR) is 96.5 cm³/mol. The number of amides is 1. The molecule has 4 heteroatoms. The van der Waals surface area contributed by atoms with Crippen LogP contribution < -0.4 is 16.0 Å². The largest absolute Gasteiger partial charge is 0.399 e. The van der Waals surface area contributed by atoms with Gasteiger partial charge in [-0.2, -0.15) is 0 Å². The first-order chi connectivity index (χ1) is 11.2. The molecule has 0 saturated heterocycles. The molecule has 0 aliphatic carbocycles. The lowest BCUT2D eigenvalue weighted by Crippen LogP contribution is -2.28. The average Bonchev–Trinajstić information content (AvgIpc) is 2.58. The highest BCUT2D eigenvalue weighted by Crippen LogP contribution is 2.12. The van der Waals surface area contributed by atoms with Crippen molar-refractivity contribution >= 4 is 17.3 Å². The molecular weight excluding hydrogens is 286 g/mol. The quantitative estimate of drug-likeness (QED) is 0.582. The first kappa shape index (κ1) is 16.9. The lowest BCUT2D eigenvalue weighted by molar-refractivity contribution is -0.121. The Morgan fingerprint density at radius 2 is 1.78 bits per heavy atom. The smallest absolute Gasteiger partial charge is 0.220 e. The standard InChI is InChI=1S/C19H25N3O/c1-22(17-9-3-2-4-10-17)15-7-14-21-19(23)13-12-16-8-5-6-11-18(16)20/h2-6,8-11H,7,12-15,20H2,1H3,(H,21,23). The van der Waals surface area contributed by atoms with Crippen LogP contribution in [0.3, 0.4) is 0 Å². The summed E-state index contributed by atoms with van der Waals surface area (Å²) in [5.41, 5.74) is 8.86. The van der Waals surface area contributed by atoms with Crippen LogP contribution in [-0.2, 0) is 11.2 Å². The van der Waals surface area contributed by atoms with Crippen LogP contribution >= 0.6 is 0 Å². The van der Waals surface area contributed by atoms with Crippen LogP contribution in [0.5, 0.6) is 0 Å². The van der Waals surface area contributed by atoms with Gasteiger partial charge in [0, 0.05) is 37.9 Å². The zero-order valence-electron chi connectivity index (χ0n) is 13.7. The van der Waals surface area contributed by atoms with Gasteiger partial charge in [0.05, 0.1) is 0 Å². The first-order valence-electron chi connectivity index (χ1n) is 8.03. The fraction of sp³-hybridized carbons (Fsp3) is 0.316. The third kappa shape index (κ3) is 5.66. The molecule has 0 unspecified atom stereocenters. The lowest BCUT2D eigenvalue weighted by atomic mass is 10.1. The van der Waals surface area contributed by atoms with Crippen LogP contribution in [0.2, 0.25) is 0 Å². The summed E-state index contributed by atoms with van der Waals surface area (Å²) in [7, 11) is 2.06. The van der Waals surface area contributed by atoms with Crippen molar-refractivity contribution in [2.45, 2.75) is 19.3 Å². The Kier molecular flexibility index (Phi) is 6.48. The predicted octanol–water partition coefficient (Wildman–Crippen LogP) is 2.84. The normalized spacial score (nSPS) is 10.3. The minimum atomic E-state index is 0.0793. The zero-order valence-corrected chi connectivity index (χ0v) is 13.7. The van der Waals surface area contributed by atoms with Gasteiger partial charge >= 0.3 is 0 Å². The summed E-state index contributed by atoms with van der Waals surface area (Å²) in [5.74, 6) is 0.0793. The number of hydrogen-bond acceptors (Lipinski definition) is 3. The zero-order chi connectivity index (χ0) is 16.5. The molecule has 0 radical (unpaired) electrons. The topological polar surface area (TPSA) is 58.4 Å². The van der Waals surface area contributed by atoms with Gasteiger partial charge in [-0.15, -0.1) is 0 Å². The number of nitrogen functional groups attached to an aromatic ring is 1. The van der Waals surface area contributed by atoms with E-state index in [1.54, 1.807) is 0 Å². The Hall–Kier alpha value is -2.49. The number of hydrogen-bond donors (Lipinski definition) is 2. The van der Waals surface area contributed by atoms with Crippen LogP contribution in [0, 0.1) is 0 Å². The summed E-state index contributed by atoms with van der Waals surface area (Å²) >= 11 is 0. The second kappa shape index (κ2) is 8.83. The van der Waals surface area contributed by atoms with E-state index in [9.17, 15) is 4.79 Å². The average molecular weight is 311 g/mol. The van der Waals surface area contributed by atoms with Gasteiger partial charge in [0.2, 0.25) is 5.91 Å². The lowest BCUT2D eigenvalue weighted by Gasteiger charge is -2.19. The number of nitrogens with one attached hydrogen (secondary N) is 1. The molecule has 0 aromatic heterocycles. The molecule has 0 fully saturated rings. The van der Waals surface area contributed by atoms with Crippen molar-refractivity contribution < 1.29 is 4.79 Å². The van der Waals surface area contributed by atoms with E-state index >= 15 is 0 Å². The highest BCUT2D eigenvalue weighted by molar-refractivity contribution is 5.76. The third-order valence-corrected chi connectivity index (χ3v) is 3.87. The molecule has 4 nitrogen and oxygen atoms in total. The number of para-hydroxylation sites is 2. The van der Waals surface area contributed by atoms with Gasteiger partial charge in [0.1, 0.15) is 0 Å². The number of aryl methyl sites for hydroxylation is 1. The van der Waals surface area contributed by atoms with Crippen molar-refractivity contribution in [2.75, 3.05) is 30.8 Å². The van der Waals surface area contributed by atoms with Crippen molar-refractivity contribution in [1.82, 2.24) is 5.32 Å². The number of carbonyl (C=O) groups excluding carboxylic acids is 1. The van der Waals surface area contributed by atoms with Crippen molar-refractivity contribution in [1.29, 1.82) is 0 Å². The minimum Gasteiger partial charge on any atom is -0.399 e. The highest BCUT2D eigenvalue weighted by atomic mass is 16.1. The van der Waals surface area contributed by atoms with E-state index in [2.05, 4.69) is 29.4 Å². The molecule has 2 aromatic carbocycles. The number of rotatable bonds is 8. The van der Waals surface area contributed by atoms with Crippen LogP contribution in [-0.4, -0.2) is 26.0 Å². The van der Waals surface area contributed by atoms with E-state index in [0.717, 1.165) is 24.2 Å². The molecule has 1 amide bonds. The van der Waals surface area contributed by atoms with Gasteiger partial charge in [-0.25, -0.2) is 0 Å². The molecule has 122 valence electrons. The fourth-order valence-corrected chi connectivity index (χ4v) is 2.45. The van der Waals surface area contributed by atoms with Crippen LogP contribution in [0.25, 0.3) is 0 Å². The van der Waals surface area contributed by atoms with E-state index in [0.29, 0.717) is 19.4 Å². The molecule has 0 bridgehead atoms. The Morgan fingerprint density at radius 3 is 2.52 bits per heavy atom. The number of anilines is 2. The number of carbonyl (C=O) groups is 1. The van der Waals surface area contributed by atoms with Crippen LogP contribution in [0.1, 0.15) is 18.4 Å². The maximum Gasteiger partial charge on any atom is 0.220 e. The molecule has 0 spiro atoms. The Bertz CT molecular complexity index is 613. The summed E-state index contributed by atoms with van der Waals surface area (Å²) in [6.45, 7) is 1.61. The Morgan fingerprint density at radius 1 is 1.09 bits per heavy atom. The van der Waals surface area contributed by atoms with Gasteiger partial charge in [-0.3, -0.25) is 4.79 Å². The number of benzene rings is 2. The molecule has 0 atom stereocenters. The molecule has 3 N–H and O–H groups in total. The molecule has 0 heterocycles. The summed E-state index contributed by atoms with van der Waals surface area (Å²) in [6, 6.07) is 17.9. The van der Waals surface area contributed by atoms with Crippen LogP contribution in [0.15, 0.2) is 54.6 Å². The molecule has 0 saturated carbocycles. The Labute approximate surface area is 138 Å². The van der Waals surface area contributed by atoms with E-state index < -0.39 is 0 Å². The molecular formula is C19H25N3O. The van der Waals surface area contributed by atoms with Crippen LogP contribution in [0.4, 0.5) is 11.4 Å². The maximum absolute atomic E-state index is 11.9. The van der Waals surface area contributed by atoms with Gasteiger partial charge in [0.25, 0.3) is 0 Å². The van der Waals surface area contributed by atoms with Gasteiger partial charge in [-0.05, 0) is 36.6 Å². The second-order valence-corrected chi connectivity index (χ2v) is 5.66. The first-order valence-corrected chi connectivity index (χ1v) is 8.03. The maximum atomic E-state index is 11.9. The third-order valence-electron chi connectivity index (χ3n) is 3.87. The summed E-state index contributed by atoms with van der Waals surface area (Å²) < 4.78 is 0. The summed E-state index contributed by atoms with van der Waals surface area (Å²) in [5, 5.41) is 2.97. The van der Waals surface area contributed by atoms with Gasteiger partial charge in [0.15, 0.2) is 0 Å². The molecule has 2 aromatic rings. The van der Waals surface area contributed by atoms with Crippen molar-refractivity contribution in [2.24, 2.45) is 0 Å². The number of nitrogens with two attached hydrogens (primary N) is 1. The summed E-state index contributed by atoms with van der Waals surface area (Å²) in [4.78, 5) is 14.1. The van der Waals surface area contributed by atoms with Crippen molar-refractivity contribution in [3.05, 3.63) is 60.2 Å². The SMILES string of the molecule is CN(CCCNC(=O)CCc1ccccc1N)c1ccccc1. The monoisotopic (exact) mass is 311 g/mol. The highest BCUT2D eigenvalue weighted by Gasteiger charge is 2.04. The molecule has 0 aliphatic heterocycles. The van der Waals surface area contributed by atoms with Crippen molar-refractivity contribution in [3.8, 4) is 0 Å². The summed E-state index contributed by atoms with van der Waals surface area (Å²) in [6.07, 6.45) is 2.08. The second-order valence-electron chi connectivity index (χ2n) is 5.66. The minimum absolute atomic E-state index is 0.0793. The van der Waals surface area contributed by atoms with Gasteiger partial charge in [-0.1, -0.05) is 36.4 Å². The molecule has 2 rings (SSSR count). The fourth-order valence-electron chi connectivity index (χ4n) is 2.45. The van der Waals surface area contributed by atoms with Gasteiger partial charge < -0.3 is 16.0 Å². The van der Waals surface area contributed by atoms with E-state index in [1.807, 2.05) is 42.5 Å². The molecule has 23 heavy (non-hydrogen) atoms. The molecule has 0 aliphatic rings. The van der Waals surface area contributed by atoms with Crippen molar-refractivity contribution in [3.63, 3.8) is 0 Å². The number of nitrogens with zero attached hydrogens (tertiary/aromatic N) is 1. The van der Waals surface area contributed by atoms with E-state index in [1.165, 1.54) is 5.69 Å².